The van der Waals surface area contributed by atoms with Gasteiger partial charge in [0.05, 0.1) is 6.34 Å². The summed E-state index contributed by atoms with van der Waals surface area (Å²) < 4.78 is 0. The minimum Gasteiger partial charge on any atom is -0.463 e. The first-order valence-electron chi connectivity index (χ1n) is 3.24. The zero-order chi connectivity index (χ0) is 8.99. The third kappa shape index (κ3) is 65.1. The second-order valence-electron chi connectivity index (χ2n) is 0.561. The average molecular weight is 148 g/mol. The van der Waals surface area contributed by atoms with Gasteiger partial charge in [0.25, 0.3) is 0 Å². The molecular weight excluding hydrogens is 132 g/mol. The van der Waals surface area contributed by atoms with Gasteiger partial charge in [-0.1, -0.05) is 27.7 Å². The molecule has 1 amide bonds. The molecule has 0 aromatic rings. The van der Waals surface area contributed by atoms with Crippen molar-refractivity contribution < 1.29 is 9.90 Å². The van der Waals surface area contributed by atoms with Crippen LogP contribution < -0.4 is 5.73 Å². The van der Waals surface area contributed by atoms with Gasteiger partial charge in [0.2, 0.25) is 0 Å². The van der Waals surface area contributed by atoms with Crippen molar-refractivity contribution in [3.8, 4) is 0 Å². The Bertz CT molecular complexity index is 81.8. The van der Waals surface area contributed by atoms with E-state index >= 15 is 0 Å². The maximum atomic E-state index is 9.32. The molecule has 0 bridgehead atoms. The molecule has 0 heterocycles. The van der Waals surface area contributed by atoms with Crippen molar-refractivity contribution in [2.45, 2.75) is 27.7 Å². The zero-order valence-electron chi connectivity index (χ0n) is 6.96. The molecule has 0 aliphatic heterocycles. The van der Waals surface area contributed by atoms with Crippen LogP contribution in [0, 0.1) is 0 Å². The maximum Gasteiger partial charge on any atom is 0.432 e. The van der Waals surface area contributed by atoms with Gasteiger partial charge in [-0.2, -0.15) is 4.99 Å². The first-order chi connectivity index (χ1) is 4.77. The summed E-state index contributed by atoms with van der Waals surface area (Å²) in [4.78, 5) is 12.0. The number of amides is 1. The number of carboxylic acid groups (broad SMARTS) is 1. The van der Waals surface area contributed by atoms with E-state index in [1.807, 2.05) is 27.7 Å². The number of nitrogens with zero attached hydrogens (tertiary/aromatic N) is 1. The van der Waals surface area contributed by atoms with Gasteiger partial charge >= 0.3 is 6.09 Å². The Morgan fingerprint density at radius 2 is 1.70 bits per heavy atom. The van der Waals surface area contributed by atoms with E-state index in [0.29, 0.717) is 0 Å². The van der Waals surface area contributed by atoms with E-state index in [2.05, 4.69) is 10.7 Å². The molecule has 0 radical (unpaired) electrons. The van der Waals surface area contributed by atoms with Crippen molar-refractivity contribution in [3.63, 3.8) is 0 Å². The highest BCUT2D eigenvalue weighted by Crippen LogP contribution is 1.61. The predicted octanol–water partition coefficient (Wildman–Crippen LogP) is 1.70. The lowest BCUT2D eigenvalue weighted by Crippen LogP contribution is -1.93. The summed E-state index contributed by atoms with van der Waals surface area (Å²) in [5, 5.41) is 7.64. The number of nitrogens with two attached hydrogens (primary N) is 1. The lowest BCUT2D eigenvalue weighted by Gasteiger charge is -1.69. The minimum absolute atomic E-state index is 0.725. The van der Waals surface area contributed by atoms with Gasteiger partial charge in [0.15, 0.2) is 0 Å². The molecule has 0 unspecified atom stereocenters. The molecule has 0 aromatic heterocycles. The lowest BCUT2D eigenvalue weighted by atomic mass is 11.0. The topological polar surface area (TPSA) is 75.7 Å². The van der Waals surface area contributed by atoms with Gasteiger partial charge < -0.3 is 10.8 Å². The SMILES string of the molecule is CC.CC.NC=NC(=O)O. The number of carbonyl (C=O) groups is 1. The van der Waals surface area contributed by atoms with Crippen molar-refractivity contribution in [3.05, 3.63) is 0 Å². The summed E-state index contributed by atoms with van der Waals surface area (Å²) in [6.45, 7) is 8.00. The summed E-state index contributed by atoms with van der Waals surface area (Å²) in [6.07, 6.45) is -0.542. The number of rotatable bonds is 0. The normalized spacial score (nSPS) is 6.80. The van der Waals surface area contributed by atoms with Crippen molar-refractivity contribution in [2.24, 2.45) is 10.7 Å². The minimum atomic E-state index is -1.27. The quantitative estimate of drug-likeness (QED) is 0.405. The summed E-state index contributed by atoms with van der Waals surface area (Å²) >= 11 is 0. The fourth-order valence-electron chi connectivity index (χ4n) is 0.0638. The lowest BCUT2D eigenvalue weighted by molar-refractivity contribution is 0.206. The van der Waals surface area contributed by atoms with E-state index in [1.54, 1.807) is 0 Å². The number of hydrogen-bond donors (Lipinski definition) is 2. The zero-order valence-corrected chi connectivity index (χ0v) is 6.96. The Hall–Kier alpha value is -1.06. The molecule has 0 saturated carbocycles. The molecule has 4 nitrogen and oxygen atoms in total. The van der Waals surface area contributed by atoms with Gasteiger partial charge in [-0.15, -0.1) is 0 Å². The number of aliphatic imine (C=N–C) groups is 1. The second-order valence-corrected chi connectivity index (χ2v) is 0.561. The Morgan fingerprint density at radius 3 is 1.70 bits per heavy atom. The van der Waals surface area contributed by atoms with Crippen molar-refractivity contribution in [1.29, 1.82) is 0 Å². The Balaban J connectivity index is -0.000000105. The molecule has 62 valence electrons. The predicted molar refractivity (Wildman–Crippen MR) is 43.4 cm³/mol. The Kier molecular flexibility index (Phi) is 39.4. The molecule has 0 aliphatic carbocycles. The standard InChI is InChI=1S/C2H4N2O2.2C2H6/c3-1-4-2(5)6;2*1-2/h1H,(H2,3,4)(H,5,6);2*1-2H3. The molecule has 0 aromatic carbocycles. The van der Waals surface area contributed by atoms with Crippen LogP contribution in [-0.4, -0.2) is 17.5 Å². The monoisotopic (exact) mass is 148 g/mol. The van der Waals surface area contributed by atoms with Crippen LogP contribution >= 0.6 is 0 Å². The fourth-order valence-corrected chi connectivity index (χ4v) is 0.0638. The highest BCUT2D eigenvalue weighted by molar-refractivity contribution is 5.75. The van der Waals surface area contributed by atoms with Crippen LogP contribution in [0.4, 0.5) is 4.79 Å². The second kappa shape index (κ2) is 24.6. The third-order valence-electron chi connectivity index (χ3n) is 0.185. The summed E-state index contributed by atoms with van der Waals surface area (Å²) in [5.41, 5.74) is 4.56. The first kappa shape index (κ1) is 16.0. The summed E-state index contributed by atoms with van der Waals surface area (Å²) in [5.74, 6) is 0. The molecule has 0 rings (SSSR count). The van der Waals surface area contributed by atoms with Crippen LogP contribution in [0.2, 0.25) is 0 Å². The van der Waals surface area contributed by atoms with Crippen molar-refractivity contribution in [2.75, 3.05) is 0 Å². The van der Waals surface area contributed by atoms with E-state index < -0.39 is 6.09 Å². The molecule has 0 atom stereocenters. The highest BCUT2D eigenvalue weighted by Gasteiger charge is 1.78. The molecule has 0 saturated heterocycles. The largest absolute Gasteiger partial charge is 0.463 e. The van der Waals surface area contributed by atoms with E-state index in [9.17, 15) is 4.79 Å². The molecule has 0 aliphatic rings. The highest BCUT2D eigenvalue weighted by atomic mass is 16.4. The molecule has 10 heavy (non-hydrogen) atoms. The van der Waals surface area contributed by atoms with Crippen LogP contribution in [-0.2, 0) is 0 Å². The van der Waals surface area contributed by atoms with Crippen LogP contribution in [0.15, 0.2) is 4.99 Å². The van der Waals surface area contributed by atoms with Gasteiger partial charge in [0.1, 0.15) is 0 Å². The number of hydrogen-bond acceptors (Lipinski definition) is 1. The molecule has 3 N–H and O–H groups in total. The van der Waals surface area contributed by atoms with Crippen molar-refractivity contribution in [1.82, 2.24) is 0 Å². The third-order valence-corrected chi connectivity index (χ3v) is 0.185. The van der Waals surface area contributed by atoms with Gasteiger partial charge in [-0.25, -0.2) is 4.79 Å². The fraction of sp³-hybridized carbons (Fsp3) is 0.667. The first-order valence-corrected chi connectivity index (χ1v) is 3.24. The van der Waals surface area contributed by atoms with Gasteiger partial charge in [-0.3, -0.25) is 0 Å². The molecular formula is C6H16N2O2. The maximum absolute atomic E-state index is 9.32. The van der Waals surface area contributed by atoms with E-state index in [-0.39, 0.29) is 0 Å². The van der Waals surface area contributed by atoms with E-state index in [4.69, 9.17) is 5.11 Å². The molecule has 4 heteroatoms. The van der Waals surface area contributed by atoms with Crippen LogP contribution in [0.1, 0.15) is 27.7 Å². The Labute approximate surface area is 61.8 Å². The van der Waals surface area contributed by atoms with E-state index in [0.717, 1.165) is 6.34 Å². The van der Waals surface area contributed by atoms with Gasteiger partial charge in [0, 0.05) is 0 Å². The van der Waals surface area contributed by atoms with Crippen LogP contribution in [0.3, 0.4) is 0 Å². The van der Waals surface area contributed by atoms with Crippen molar-refractivity contribution >= 4 is 12.4 Å². The summed E-state index contributed by atoms with van der Waals surface area (Å²) in [6, 6.07) is 0. The van der Waals surface area contributed by atoms with Crippen LogP contribution in [0.5, 0.6) is 0 Å². The molecule has 0 spiro atoms. The Morgan fingerprint density at radius 1 is 1.40 bits per heavy atom. The summed E-state index contributed by atoms with van der Waals surface area (Å²) in [7, 11) is 0. The average Bonchev–Trinajstić information content (AvgIpc) is 1.96. The van der Waals surface area contributed by atoms with Crippen LogP contribution in [0.25, 0.3) is 0 Å². The smallest absolute Gasteiger partial charge is 0.432 e. The van der Waals surface area contributed by atoms with E-state index in [1.165, 1.54) is 0 Å². The molecule has 0 fully saturated rings. The van der Waals surface area contributed by atoms with Gasteiger partial charge in [-0.05, 0) is 0 Å².